The highest BCUT2D eigenvalue weighted by Gasteiger charge is 2.33. The number of carboxylic acid groups (broad SMARTS) is 2. The first-order chi connectivity index (χ1) is 8.84. The van der Waals surface area contributed by atoms with Crippen LogP contribution in [0.4, 0.5) is 0 Å². The molecule has 5 N–H and O–H groups in total. The molecule has 0 saturated carbocycles. The second-order valence-corrected chi connectivity index (χ2v) is 5.58. The number of carbonyl (C=O) groups is 2. The highest BCUT2D eigenvalue weighted by atomic mass is 31.2. The molecule has 0 aliphatic heterocycles. The lowest BCUT2D eigenvalue weighted by atomic mass is 10.4. The summed E-state index contributed by atoms with van der Waals surface area (Å²) in [4.78, 5) is 46.6. The molecule has 0 radical (unpaired) electrons. The molecule has 12 nitrogen and oxygen atoms in total. The zero-order valence-corrected chi connectivity index (χ0v) is 11.3. The number of hydrogen-bond acceptors (Lipinski definition) is 7. The minimum Gasteiger partial charge on any atom is -0.479 e. The van der Waals surface area contributed by atoms with E-state index in [1.165, 1.54) is 0 Å². The Morgan fingerprint density at radius 3 is 2.00 bits per heavy atom. The Balaban J connectivity index is 4.66. The monoisotopic (exact) mass is 336 g/mol. The largest absolute Gasteiger partial charge is 0.527 e. The molecule has 2 unspecified atom stereocenters. The van der Waals surface area contributed by atoms with E-state index in [0.717, 1.165) is 0 Å². The van der Waals surface area contributed by atoms with Crippen LogP contribution in [0.15, 0.2) is 12.3 Å². The van der Waals surface area contributed by atoms with Crippen LogP contribution in [0.5, 0.6) is 0 Å². The smallest absolute Gasteiger partial charge is 0.479 e. The van der Waals surface area contributed by atoms with Gasteiger partial charge in [0, 0.05) is 0 Å². The van der Waals surface area contributed by atoms with Gasteiger partial charge in [-0.25, -0.2) is 18.7 Å². The van der Waals surface area contributed by atoms with Crippen LogP contribution in [-0.2, 0) is 32.3 Å². The first kappa shape index (κ1) is 18.7. The highest BCUT2D eigenvalue weighted by Crippen LogP contribution is 2.46. The van der Waals surface area contributed by atoms with Crippen LogP contribution in [0.1, 0.15) is 0 Å². The van der Waals surface area contributed by atoms with Gasteiger partial charge in [0.05, 0.1) is 6.61 Å². The van der Waals surface area contributed by atoms with Crippen molar-refractivity contribution in [1.29, 1.82) is 0 Å². The lowest BCUT2D eigenvalue weighted by molar-refractivity contribution is -0.147. The van der Waals surface area contributed by atoms with Crippen LogP contribution in [0.2, 0.25) is 0 Å². The molecule has 0 aliphatic carbocycles. The molecule has 0 amide bonds. The Labute approximate surface area is 111 Å². The maximum atomic E-state index is 11.2. The number of phosphoric acid groups is 2. The van der Waals surface area contributed by atoms with E-state index in [-0.39, 0.29) is 0 Å². The molecule has 0 fully saturated rings. The summed E-state index contributed by atoms with van der Waals surface area (Å²) in [5, 5.41) is 16.9. The van der Waals surface area contributed by atoms with E-state index >= 15 is 0 Å². The quantitative estimate of drug-likeness (QED) is 0.201. The Bertz CT molecular complexity index is 490. The molecule has 116 valence electrons. The standard InChI is InChI=1S/C6H10O12P2/c1-3(5(7)8)17-20(14,15)16-2-4(6(9)10)18-19(11,12)13/h4H,1-2H2,(H,7,8)(H,9,10)(H,14,15)(H2,11,12,13). The molecular weight excluding hydrogens is 326 g/mol. The number of carboxylic acids is 2. The highest BCUT2D eigenvalue weighted by molar-refractivity contribution is 7.47. The number of aliphatic carboxylic acids is 2. The average molecular weight is 336 g/mol. The predicted octanol–water partition coefficient (Wildman–Crippen LogP) is -0.719. The molecule has 0 rings (SSSR count). The van der Waals surface area contributed by atoms with Crippen molar-refractivity contribution in [1.82, 2.24) is 0 Å². The van der Waals surface area contributed by atoms with Crippen molar-refractivity contribution in [2.45, 2.75) is 6.10 Å². The van der Waals surface area contributed by atoms with Crippen molar-refractivity contribution >= 4 is 27.6 Å². The third-order valence-electron chi connectivity index (χ3n) is 1.39. The zero-order chi connectivity index (χ0) is 16.1. The molecule has 0 saturated heterocycles. The van der Waals surface area contributed by atoms with Crippen molar-refractivity contribution in [3.05, 3.63) is 12.3 Å². The van der Waals surface area contributed by atoms with E-state index in [2.05, 4.69) is 20.2 Å². The van der Waals surface area contributed by atoms with Crippen LogP contribution in [-0.4, -0.2) is 49.5 Å². The fourth-order valence-corrected chi connectivity index (χ4v) is 1.89. The van der Waals surface area contributed by atoms with Crippen LogP contribution in [0, 0.1) is 0 Å². The molecule has 0 bridgehead atoms. The Kier molecular flexibility index (Phi) is 6.51. The maximum Gasteiger partial charge on any atom is 0.527 e. The number of hydrogen-bond donors (Lipinski definition) is 5. The van der Waals surface area contributed by atoms with E-state index < -0.39 is 46.1 Å². The minimum atomic E-state index is -5.19. The van der Waals surface area contributed by atoms with Gasteiger partial charge in [-0.2, -0.15) is 0 Å². The molecule has 14 heteroatoms. The van der Waals surface area contributed by atoms with Crippen LogP contribution >= 0.6 is 15.6 Å². The van der Waals surface area contributed by atoms with E-state index in [1.54, 1.807) is 0 Å². The molecule has 0 aromatic heterocycles. The van der Waals surface area contributed by atoms with Crippen molar-refractivity contribution in [3.8, 4) is 0 Å². The molecular formula is C6H10O12P2. The fourth-order valence-electron chi connectivity index (χ4n) is 0.679. The summed E-state index contributed by atoms with van der Waals surface area (Å²) in [7, 11) is -10.2. The first-order valence-electron chi connectivity index (χ1n) is 4.40. The minimum absolute atomic E-state index is 1.15. The summed E-state index contributed by atoms with van der Waals surface area (Å²) < 4.78 is 33.3. The maximum absolute atomic E-state index is 11.2. The zero-order valence-electron chi connectivity index (χ0n) is 9.48. The van der Waals surface area contributed by atoms with Crippen molar-refractivity contribution in [3.63, 3.8) is 0 Å². The number of phosphoric ester groups is 2. The van der Waals surface area contributed by atoms with Crippen molar-refractivity contribution in [2.75, 3.05) is 6.61 Å². The molecule has 2 atom stereocenters. The normalized spacial score (nSPS) is 15.9. The van der Waals surface area contributed by atoms with Crippen molar-refractivity contribution < 1.29 is 57.2 Å². The Hall–Kier alpha value is -1.26. The SMILES string of the molecule is C=C(OP(=O)(O)OCC(OP(=O)(O)O)C(=O)O)C(=O)O. The lowest BCUT2D eigenvalue weighted by Gasteiger charge is -2.16. The molecule has 20 heavy (non-hydrogen) atoms. The summed E-state index contributed by atoms with van der Waals surface area (Å²) >= 11 is 0. The average Bonchev–Trinajstić information content (AvgIpc) is 2.21. The van der Waals surface area contributed by atoms with Gasteiger partial charge in [0.1, 0.15) is 0 Å². The van der Waals surface area contributed by atoms with Gasteiger partial charge in [0.25, 0.3) is 0 Å². The first-order valence-corrected chi connectivity index (χ1v) is 7.42. The molecule has 0 aliphatic rings. The Morgan fingerprint density at radius 2 is 1.65 bits per heavy atom. The summed E-state index contributed by atoms with van der Waals surface area (Å²) in [6.07, 6.45) is -2.28. The Morgan fingerprint density at radius 1 is 1.15 bits per heavy atom. The van der Waals surface area contributed by atoms with Crippen molar-refractivity contribution in [2.24, 2.45) is 0 Å². The lowest BCUT2D eigenvalue weighted by Crippen LogP contribution is -2.28. The van der Waals surface area contributed by atoms with Crippen LogP contribution in [0.25, 0.3) is 0 Å². The summed E-state index contributed by atoms with van der Waals surface area (Å²) in [5.41, 5.74) is 0. The van der Waals surface area contributed by atoms with Gasteiger partial charge < -0.3 is 24.5 Å². The van der Waals surface area contributed by atoms with Gasteiger partial charge in [-0.15, -0.1) is 0 Å². The van der Waals surface area contributed by atoms with Gasteiger partial charge in [-0.1, -0.05) is 0 Å². The molecule has 0 heterocycles. The topological polar surface area (TPSA) is 197 Å². The van der Waals surface area contributed by atoms with Gasteiger partial charge in [-0.3, -0.25) is 13.9 Å². The third kappa shape index (κ3) is 8.02. The molecule has 0 aromatic rings. The van der Waals surface area contributed by atoms with E-state index in [4.69, 9.17) is 24.9 Å². The fraction of sp³-hybridized carbons (Fsp3) is 0.333. The van der Waals surface area contributed by atoms with E-state index in [9.17, 15) is 18.7 Å². The molecule has 0 spiro atoms. The van der Waals surface area contributed by atoms with Gasteiger partial charge in [-0.05, 0) is 6.58 Å². The van der Waals surface area contributed by atoms with E-state index in [1.807, 2.05) is 0 Å². The number of rotatable bonds is 9. The second kappa shape index (κ2) is 6.95. The molecule has 0 aromatic carbocycles. The summed E-state index contributed by atoms with van der Waals surface area (Å²) in [6.45, 7) is 1.46. The van der Waals surface area contributed by atoms with E-state index in [0.29, 0.717) is 0 Å². The second-order valence-electron chi connectivity index (χ2n) is 3.01. The predicted molar refractivity (Wildman–Crippen MR) is 58.2 cm³/mol. The van der Waals surface area contributed by atoms with Gasteiger partial charge in [0.2, 0.25) is 5.76 Å². The summed E-state index contributed by atoms with van der Waals surface area (Å²) in [5.74, 6) is -4.83. The van der Waals surface area contributed by atoms with Crippen LogP contribution < -0.4 is 0 Å². The summed E-state index contributed by atoms with van der Waals surface area (Å²) in [6, 6.07) is 0. The van der Waals surface area contributed by atoms with Gasteiger partial charge >= 0.3 is 27.6 Å². The van der Waals surface area contributed by atoms with Crippen LogP contribution in [0.3, 0.4) is 0 Å². The van der Waals surface area contributed by atoms with Gasteiger partial charge in [0.15, 0.2) is 6.10 Å². The third-order valence-corrected chi connectivity index (χ3v) is 2.85.